The normalized spacial score (nSPS) is 12.0. The van der Waals surface area contributed by atoms with Gasteiger partial charge < -0.3 is 10.5 Å². The second-order valence-electron chi connectivity index (χ2n) is 8.71. The molecule has 1 atom stereocenters. The predicted molar refractivity (Wildman–Crippen MR) is 125 cm³/mol. The van der Waals surface area contributed by atoms with E-state index in [1.807, 2.05) is 0 Å². The Labute approximate surface area is 198 Å². The zero-order valence-electron chi connectivity index (χ0n) is 18.8. The summed E-state index contributed by atoms with van der Waals surface area (Å²) in [7, 11) is 0. The molecule has 0 aliphatic heterocycles. The summed E-state index contributed by atoms with van der Waals surface area (Å²) in [5.74, 6) is 0.202. The van der Waals surface area contributed by atoms with Crippen molar-refractivity contribution in [1.82, 2.24) is 0 Å². The Morgan fingerprint density at radius 1 is 0.714 bits per heavy atom. The first-order valence-corrected chi connectivity index (χ1v) is 12.0. The molecule has 0 saturated carbocycles. The van der Waals surface area contributed by atoms with Gasteiger partial charge in [-0.05, 0) is 18.8 Å². The van der Waals surface area contributed by atoms with Crippen LogP contribution in [0.25, 0.3) is 0 Å². The Balaban J connectivity index is 0. The average molecular weight is 408 g/mol. The Morgan fingerprint density at radius 3 is 1.43 bits per heavy atom. The Kier molecular flexibility index (Phi) is 25.9. The van der Waals surface area contributed by atoms with Crippen LogP contribution in [0.4, 0.5) is 0 Å². The van der Waals surface area contributed by atoms with Crippen molar-refractivity contribution in [3.8, 4) is 0 Å². The summed E-state index contributed by atoms with van der Waals surface area (Å²) < 4.78 is 5.26. The summed E-state index contributed by atoms with van der Waals surface area (Å²) in [5, 5.41) is 0. The number of ether oxygens (including phenoxy) is 1. The van der Waals surface area contributed by atoms with E-state index in [0.29, 0.717) is 18.9 Å². The summed E-state index contributed by atoms with van der Waals surface area (Å²) >= 11 is 0. The van der Waals surface area contributed by atoms with E-state index < -0.39 is 6.04 Å². The molecule has 28 heavy (non-hydrogen) atoms. The molecule has 0 saturated heterocycles. The van der Waals surface area contributed by atoms with E-state index in [4.69, 9.17) is 10.5 Å². The second-order valence-corrected chi connectivity index (χ2v) is 8.71. The third-order valence-corrected chi connectivity index (χ3v) is 5.27. The molecule has 0 spiro atoms. The van der Waals surface area contributed by atoms with Crippen molar-refractivity contribution in [3.63, 3.8) is 0 Å². The first-order valence-electron chi connectivity index (χ1n) is 12.0. The third-order valence-electron chi connectivity index (χ3n) is 5.27. The molecule has 0 amide bonds. The fourth-order valence-corrected chi connectivity index (χ4v) is 3.53. The number of hydrogen-bond acceptors (Lipinski definition) is 3. The number of carbonyl (C=O) groups excluding carboxylic acids is 1. The van der Waals surface area contributed by atoms with Crippen molar-refractivity contribution in [1.29, 1.82) is 0 Å². The fourth-order valence-electron chi connectivity index (χ4n) is 3.53. The quantitative estimate of drug-likeness (QED) is 0.142. The minimum atomic E-state index is -0.453. The van der Waals surface area contributed by atoms with Crippen LogP contribution < -0.4 is 5.73 Å². The van der Waals surface area contributed by atoms with Crippen LogP contribution in [0, 0.1) is 5.92 Å². The molecule has 164 valence electrons. The standard InChI is InChI=1S/C24H49NO2.Na.H/c1-4-5-6-7-8-9-10-11-12-13-14-15-16-17-18-19-20-27-24(26)23(25)21-22(2)3;;/h22-23H,4-21,25H2,1-3H3;;/t23-;;/m0../s1. The fraction of sp³-hybridized carbons (Fsp3) is 0.958. The van der Waals surface area contributed by atoms with E-state index in [2.05, 4.69) is 20.8 Å². The van der Waals surface area contributed by atoms with Gasteiger partial charge >= 0.3 is 35.5 Å². The molecule has 0 fully saturated rings. The Bertz CT molecular complexity index is 324. The molecule has 3 nitrogen and oxygen atoms in total. The van der Waals surface area contributed by atoms with Crippen LogP contribution in [0.5, 0.6) is 0 Å². The van der Waals surface area contributed by atoms with Crippen LogP contribution in [0.1, 0.15) is 130 Å². The third kappa shape index (κ3) is 22.7. The zero-order valence-corrected chi connectivity index (χ0v) is 18.8. The van der Waals surface area contributed by atoms with Crippen molar-refractivity contribution in [2.24, 2.45) is 11.7 Å². The van der Waals surface area contributed by atoms with E-state index in [1.54, 1.807) is 0 Å². The van der Waals surface area contributed by atoms with Gasteiger partial charge in [-0.2, -0.15) is 0 Å². The molecule has 0 rings (SSSR count). The van der Waals surface area contributed by atoms with Gasteiger partial charge in [0.05, 0.1) is 6.61 Å². The molecule has 0 aromatic heterocycles. The van der Waals surface area contributed by atoms with Crippen LogP contribution in [-0.4, -0.2) is 48.2 Å². The number of hydrogen-bond donors (Lipinski definition) is 1. The van der Waals surface area contributed by atoms with E-state index in [0.717, 1.165) is 12.8 Å². The number of rotatable bonds is 20. The maximum atomic E-state index is 11.7. The molecular weight excluding hydrogens is 357 g/mol. The topological polar surface area (TPSA) is 52.3 Å². The van der Waals surface area contributed by atoms with Gasteiger partial charge in [0.25, 0.3) is 0 Å². The van der Waals surface area contributed by atoms with Crippen molar-refractivity contribution >= 4 is 35.5 Å². The molecule has 0 aromatic carbocycles. The SMILES string of the molecule is CCCCCCCCCCCCCCCCCCOC(=O)[C@@H](N)CC(C)C.[NaH]. The average Bonchev–Trinajstić information content (AvgIpc) is 2.63. The van der Waals surface area contributed by atoms with Crippen LogP contribution >= 0.6 is 0 Å². The van der Waals surface area contributed by atoms with Gasteiger partial charge in [0, 0.05) is 0 Å². The van der Waals surface area contributed by atoms with E-state index in [9.17, 15) is 4.79 Å². The molecule has 0 radical (unpaired) electrons. The van der Waals surface area contributed by atoms with Gasteiger partial charge in [-0.25, -0.2) is 0 Å². The number of nitrogens with two attached hydrogens (primary N) is 1. The second kappa shape index (κ2) is 23.7. The summed E-state index contributed by atoms with van der Waals surface area (Å²) in [6.45, 7) is 6.96. The Hall–Kier alpha value is 0.430. The number of carbonyl (C=O) groups is 1. The summed E-state index contributed by atoms with van der Waals surface area (Å²) in [4.78, 5) is 11.7. The van der Waals surface area contributed by atoms with Crippen molar-refractivity contribution in [2.75, 3.05) is 6.61 Å². The van der Waals surface area contributed by atoms with Crippen LogP contribution in [0.3, 0.4) is 0 Å². The first-order chi connectivity index (χ1) is 13.1. The molecule has 0 bridgehead atoms. The molecule has 0 aromatic rings. The van der Waals surface area contributed by atoms with E-state index in [1.165, 1.54) is 89.9 Å². The van der Waals surface area contributed by atoms with Gasteiger partial charge in [0.2, 0.25) is 0 Å². The molecule has 0 unspecified atom stereocenters. The number of unbranched alkanes of at least 4 members (excludes halogenated alkanes) is 15. The van der Waals surface area contributed by atoms with Crippen LogP contribution in [0.15, 0.2) is 0 Å². The molecule has 0 aliphatic carbocycles. The first kappa shape index (κ1) is 30.6. The molecule has 4 heteroatoms. The maximum absolute atomic E-state index is 11.7. The van der Waals surface area contributed by atoms with Crippen molar-refractivity contribution in [3.05, 3.63) is 0 Å². The Morgan fingerprint density at radius 2 is 1.07 bits per heavy atom. The predicted octanol–water partition coefficient (Wildman–Crippen LogP) is 6.52. The van der Waals surface area contributed by atoms with Crippen molar-refractivity contribution in [2.45, 2.75) is 136 Å². The molecule has 2 N–H and O–H groups in total. The van der Waals surface area contributed by atoms with Crippen LogP contribution in [-0.2, 0) is 9.53 Å². The summed E-state index contributed by atoms with van der Waals surface area (Å²) in [6, 6.07) is -0.453. The van der Waals surface area contributed by atoms with E-state index >= 15 is 0 Å². The zero-order chi connectivity index (χ0) is 20.2. The van der Waals surface area contributed by atoms with Crippen molar-refractivity contribution < 1.29 is 9.53 Å². The monoisotopic (exact) mass is 407 g/mol. The van der Waals surface area contributed by atoms with Gasteiger partial charge in [-0.15, -0.1) is 0 Å². The molecule has 0 aliphatic rings. The summed E-state index contributed by atoms with van der Waals surface area (Å²) in [6.07, 6.45) is 22.4. The van der Waals surface area contributed by atoms with Crippen LogP contribution in [0.2, 0.25) is 0 Å². The number of esters is 1. The summed E-state index contributed by atoms with van der Waals surface area (Å²) in [5.41, 5.74) is 5.82. The van der Waals surface area contributed by atoms with E-state index in [-0.39, 0.29) is 35.5 Å². The minimum absolute atomic E-state index is 0. The molecule has 0 heterocycles. The van der Waals surface area contributed by atoms with Gasteiger partial charge in [0.15, 0.2) is 0 Å². The van der Waals surface area contributed by atoms with Gasteiger partial charge in [0.1, 0.15) is 6.04 Å². The van der Waals surface area contributed by atoms with Gasteiger partial charge in [-0.1, -0.05) is 117 Å². The van der Waals surface area contributed by atoms with Gasteiger partial charge in [-0.3, -0.25) is 4.79 Å². The molecular formula is C24H50NNaO2.